The number of benzene rings is 1. The summed E-state index contributed by atoms with van der Waals surface area (Å²) < 4.78 is 13.5. The van der Waals surface area contributed by atoms with Crippen LogP contribution >= 0.6 is 0 Å². The van der Waals surface area contributed by atoms with Gasteiger partial charge in [-0.1, -0.05) is 6.07 Å². The molecule has 0 spiro atoms. The van der Waals surface area contributed by atoms with Gasteiger partial charge in [-0.15, -0.1) is 0 Å². The summed E-state index contributed by atoms with van der Waals surface area (Å²) in [6.45, 7) is 3.83. The van der Waals surface area contributed by atoms with Crippen molar-refractivity contribution in [2.75, 3.05) is 0 Å². The van der Waals surface area contributed by atoms with Gasteiger partial charge >= 0.3 is 0 Å². The topological polar surface area (TPSA) is 86.8 Å². The summed E-state index contributed by atoms with van der Waals surface area (Å²) >= 11 is 0. The predicted molar refractivity (Wildman–Crippen MR) is 82.3 cm³/mol. The van der Waals surface area contributed by atoms with Crippen LogP contribution in [0.15, 0.2) is 47.4 Å². The Morgan fingerprint density at radius 3 is 2.74 bits per heavy atom. The van der Waals surface area contributed by atoms with Crippen molar-refractivity contribution < 1.29 is 14.3 Å². The summed E-state index contributed by atoms with van der Waals surface area (Å²) in [4.78, 5) is 23.9. The van der Waals surface area contributed by atoms with Crippen LogP contribution in [0.3, 0.4) is 0 Å². The highest BCUT2D eigenvalue weighted by Gasteiger charge is 2.70. The van der Waals surface area contributed by atoms with Gasteiger partial charge in [0.2, 0.25) is 11.6 Å². The van der Waals surface area contributed by atoms with Crippen molar-refractivity contribution in [2.24, 2.45) is 5.73 Å². The number of carbonyl (C=O) groups is 1. The Labute approximate surface area is 132 Å². The zero-order valence-electron chi connectivity index (χ0n) is 12.8. The molecular weight excluding hydrogens is 296 g/mol. The highest BCUT2D eigenvalue weighted by molar-refractivity contribution is 5.93. The van der Waals surface area contributed by atoms with E-state index in [2.05, 4.69) is 0 Å². The van der Waals surface area contributed by atoms with Crippen LogP contribution in [0.5, 0.6) is 5.75 Å². The Balaban J connectivity index is 2.00. The van der Waals surface area contributed by atoms with E-state index in [-0.39, 0.29) is 11.7 Å². The summed E-state index contributed by atoms with van der Waals surface area (Å²) in [7, 11) is 0. The SMILES string of the molecule is CC1(C)Oc2ccc(C(N)=O)cc2[C@]2(n3ccccc3=O)O[C@H]12. The second kappa shape index (κ2) is 4.23. The lowest BCUT2D eigenvalue weighted by Gasteiger charge is -2.34. The van der Waals surface area contributed by atoms with Gasteiger partial charge in [0.1, 0.15) is 11.4 Å². The first-order valence-electron chi connectivity index (χ1n) is 7.35. The van der Waals surface area contributed by atoms with Crippen molar-refractivity contribution in [1.82, 2.24) is 4.57 Å². The fourth-order valence-electron chi connectivity index (χ4n) is 3.37. The van der Waals surface area contributed by atoms with E-state index < -0.39 is 17.2 Å². The van der Waals surface area contributed by atoms with E-state index in [1.165, 1.54) is 6.07 Å². The number of epoxide rings is 1. The van der Waals surface area contributed by atoms with Crippen molar-refractivity contribution >= 4 is 5.91 Å². The summed E-state index contributed by atoms with van der Waals surface area (Å²) in [5.41, 5.74) is 4.64. The third kappa shape index (κ3) is 1.78. The van der Waals surface area contributed by atoms with Crippen molar-refractivity contribution in [3.05, 3.63) is 64.1 Å². The maximum Gasteiger partial charge on any atom is 0.253 e. The molecule has 1 saturated heterocycles. The Morgan fingerprint density at radius 1 is 1.26 bits per heavy atom. The summed E-state index contributed by atoms with van der Waals surface area (Å²) in [5, 5.41) is 0. The average Bonchev–Trinajstić information content (AvgIpc) is 3.25. The van der Waals surface area contributed by atoms with Gasteiger partial charge in [-0.3, -0.25) is 14.2 Å². The zero-order chi connectivity index (χ0) is 16.4. The number of rotatable bonds is 2. The molecule has 6 nitrogen and oxygen atoms in total. The fourth-order valence-corrected chi connectivity index (χ4v) is 3.37. The molecule has 1 fully saturated rings. The number of aromatic nitrogens is 1. The van der Waals surface area contributed by atoms with Gasteiger partial charge in [-0.2, -0.15) is 0 Å². The average molecular weight is 312 g/mol. The van der Waals surface area contributed by atoms with Crippen LogP contribution in [0.25, 0.3) is 0 Å². The molecule has 2 aliphatic heterocycles. The normalized spacial score (nSPS) is 26.6. The summed E-state index contributed by atoms with van der Waals surface area (Å²) in [5.74, 6) is 0.0508. The van der Waals surface area contributed by atoms with Gasteiger partial charge in [0.05, 0.1) is 5.56 Å². The molecule has 2 atom stereocenters. The number of hydrogen-bond acceptors (Lipinski definition) is 4. The van der Waals surface area contributed by atoms with E-state index in [0.717, 1.165) is 0 Å². The highest BCUT2D eigenvalue weighted by atomic mass is 16.7. The van der Waals surface area contributed by atoms with Gasteiger partial charge in [0.15, 0.2) is 6.10 Å². The number of nitrogens with zero attached hydrogens (tertiary/aromatic N) is 1. The minimum absolute atomic E-state index is 0.178. The molecule has 4 rings (SSSR count). The molecule has 118 valence electrons. The fraction of sp³-hybridized carbons (Fsp3) is 0.294. The van der Waals surface area contributed by atoms with Gasteiger partial charge in [0.25, 0.3) is 5.56 Å². The standard InChI is InChI=1S/C17H16N2O4/c1-16(2)15-17(23-15,19-8-4-3-5-13(19)20)11-9-10(14(18)21)6-7-12(11)22-16/h3-9,15H,1-2H3,(H2,18,21)/t15-,17+/m1/s1. The highest BCUT2D eigenvalue weighted by Crippen LogP contribution is 2.58. The Kier molecular flexibility index (Phi) is 2.58. The number of carbonyl (C=O) groups excluding carboxylic acids is 1. The third-order valence-corrected chi connectivity index (χ3v) is 4.43. The molecule has 2 N–H and O–H groups in total. The van der Waals surface area contributed by atoms with E-state index in [1.54, 1.807) is 41.1 Å². The van der Waals surface area contributed by atoms with Crippen molar-refractivity contribution in [2.45, 2.75) is 31.3 Å². The van der Waals surface area contributed by atoms with E-state index in [9.17, 15) is 9.59 Å². The molecule has 6 heteroatoms. The van der Waals surface area contributed by atoms with Crippen LogP contribution in [-0.2, 0) is 10.5 Å². The first-order chi connectivity index (χ1) is 10.9. The van der Waals surface area contributed by atoms with Gasteiger partial charge in [0, 0.05) is 17.8 Å². The van der Waals surface area contributed by atoms with E-state index in [1.807, 2.05) is 13.8 Å². The monoisotopic (exact) mass is 312 g/mol. The maximum absolute atomic E-state index is 12.3. The molecule has 2 aliphatic rings. The Bertz CT molecular complexity index is 886. The molecule has 0 aliphatic carbocycles. The van der Waals surface area contributed by atoms with Gasteiger partial charge in [-0.05, 0) is 38.1 Å². The molecule has 0 unspecified atom stereocenters. The minimum Gasteiger partial charge on any atom is -0.484 e. The van der Waals surface area contributed by atoms with Crippen molar-refractivity contribution in [3.8, 4) is 5.75 Å². The molecule has 1 aromatic heterocycles. The van der Waals surface area contributed by atoms with E-state index in [0.29, 0.717) is 16.9 Å². The molecule has 23 heavy (non-hydrogen) atoms. The smallest absolute Gasteiger partial charge is 0.253 e. The molecule has 0 radical (unpaired) electrons. The van der Waals surface area contributed by atoms with Crippen LogP contribution in [-0.4, -0.2) is 22.2 Å². The van der Waals surface area contributed by atoms with Gasteiger partial charge < -0.3 is 15.2 Å². The number of hydrogen-bond donors (Lipinski definition) is 1. The number of pyridine rings is 1. The Hall–Kier alpha value is -2.60. The lowest BCUT2D eigenvalue weighted by Crippen LogP contribution is -2.47. The van der Waals surface area contributed by atoms with E-state index in [4.69, 9.17) is 15.2 Å². The zero-order valence-corrected chi connectivity index (χ0v) is 12.8. The first-order valence-corrected chi connectivity index (χ1v) is 7.35. The quantitative estimate of drug-likeness (QED) is 0.845. The number of primary amides is 1. The second-order valence-corrected chi connectivity index (χ2v) is 6.38. The van der Waals surface area contributed by atoms with Crippen molar-refractivity contribution in [3.63, 3.8) is 0 Å². The van der Waals surface area contributed by atoms with E-state index >= 15 is 0 Å². The number of ether oxygens (including phenoxy) is 2. The molecule has 2 aromatic rings. The summed E-state index contributed by atoms with van der Waals surface area (Å²) in [6.07, 6.45) is 1.36. The number of nitrogens with two attached hydrogens (primary N) is 1. The lowest BCUT2D eigenvalue weighted by molar-refractivity contribution is 0.0701. The van der Waals surface area contributed by atoms with Gasteiger partial charge in [-0.25, -0.2) is 0 Å². The van der Waals surface area contributed by atoms with Crippen LogP contribution in [0.1, 0.15) is 29.8 Å². The summed E-state index contributed by atoms with van der Waals surface area (Å²) in [6, 6.07) is 9.89. The van der Waals surface area contributed by atoms with Crippen LogP contribution < -0.4 is 16.0 Å². The molecular formula is C17H16N2O4. The second-order valence-electron chi connectivity index (χ2n) is 6.38. The predicted octanol–water partition coefficient (Wildman–Crippen LogP) is 1.22. The van der Waals surface area contributed by atoms with Crippen molar-refractivity contribution in [1.29, 1.82) is 0 Å². The number of amides is 1. The maximum atomic E-state index is 12.3. The third-order valence-electron chi connectivity index (χ3n) is 4.43. The minimum atomic E-state index is -0.957. The van der Waals surface area contributed by atoms with Crippen LogP contribution in [0, 0.1) is 0 Å². The Morgan fingerprint density at radius 2 is 2.04 bits per heavy atom. The molecule has 1 aromatic carbocycles. The number of fused-ring (bicyclic) bond motifs is 3. The molecule has 3 heterocycles. The molecule has 0 saturated carbocycles. The molecule has 0 bridgehead atoms. The largest absolute Gasteiger partial charge is 0.484 e. The molecule has 1 amide bonds. The van der Waals surface area contributed by atoms with Crippen LogP contribution in [0.2, 0.25) is 0 Å². The first kappa shape index (κ1) is 14.0. The van der Waals surface area contributed by atoms with Crippen LogP contribution in [0.4, 0.5) is 0 Å². The lowest BCUT2D eigenvalue weighted by atomic mass is 9.88.